The molecule has 3 aromatic heterocycles. The van der Waals surface area contributed by atoms with Crippen LogP contribution in [0, 0.1) is 0 Å². The highest BCUT2D eigenvalue weighted by Crippen LogP contribution is 2.30. The SMILES string of the molecule is COc1ccc2ncc(=O)n(CN3CCC(NCc4cc5sccc5s4)CC3)c2c1. The number of nitrogens with one attached hydrogen (secondary N) is 1. The molecule has 30 heavy (non-hydrogen) atoms. The molecule has 0 saturated carbocycles. The number of benzene rings is 1. The van der Waals surface area contributed by atoms with E-state index in [4.69, 9.17) is 4.74 Å². The number of rotatable bonds is 6. The average Bonchev–Trinajstić information content (AvgIpc) is 3.37. The molecule has 1 aromatic carbocycles. The molecule has 0 atom stereocenters. The maximum atomic E-state index is 12.5. The second-order valence-electron chi connectivity index (χ2n) is 7.66. The molecule has 4 heterocycles. The van der Waals surface area contributed by atoms with Gasteiger partial charge >= 0.3 is 0 Å². The lowest BCUT2D eigenvalue weighted by molar-refractivity contribution is 0.159. The fourth-order valence-corrected chi connectivity index (χ4v) is 6.13. The van der Waals surface area contributed by atoms with Gasteiger partial charge in [0.05, 0.1) is 31.0 Å². The molecule has 5 rings (SSSR count). The van der Waals surface area contributed by atoms with Crippen LogP contribution in [0.1, 0.15) is 17.7 Å². The number of fused-ring (bicyclic) bond motifs is 2. The summed E-state index contributed by atoms with van der Waals surface area (Å²) in [6.07, 6.45) is 3.58. The Labute approximate surface area is 182 Å². The summed E-state index contributed by atoms with van der Waals surface area (Å²) in [5.74, 6) is 0.736. The first-order chi connectivity index (χ1) is 14.7. The Bertz CT molecular complexity index is 1190. The molecule has 0 aliphatic carbocycles. The second kappa shape index (κ2) is 8.47. The van der Waals surface area contributed by atoms with E-state index in [0.29, 0.717) is 12.7 Å². The number of thiophene rings is 2. The molecule has 8 heteroatoms. The molecule has 0 bridgehead atoms. The zero-order valence-electron chi connectivity index (χ0n) is 16.8. The zero-order valence-corrected chi connectivity index (χ0v) is 18.5. The van der Waals surface area contributed by atoms with Crippen molar-refractivity contribution >= 4 is 43.1 Å². The van der Waals surface area contributed by atoms with Gasteiger partial charge in [0.2, 0.25) is 0 Å². The lowest BCUT2D eigenvalue weighted by Gasteiger charge is -2.32. The monoisotopic (exact) mass is 440 g/mol. The van der Waals surface area contributed by atoms with Gasteiger partial charge in [-0.25, -0.2) is 4.98 Å². The first-order valence-corrected chi connectivity index (χ1v) is 11.8. The number of hydrogen-bond donors (Lipinski definition) is 1. The number of hydrogen-bond acceptors (Lipinski definition) is 7. The molecule has 0 unspecified atom stereocenters. The van der Waals surface area contributed by atoms with Gasteiger partial charge in [0, 0.05) is 46.0 Å². The van der Waals surface area contributed by atoms with Gasteiger partial charge in [0.1, 0.15) is 5.75 Å². The number of methoxy groups -OCH3 is 1. The molecule has 6 nitrogen and oxygen atoms in total. The van der Waals surface area contributed by atoms with Gasteiger partial charge in [0.25, 0.3) is 5.56 Å². The summed E-state index contributed by atoms with van der Waals surface area (Å²) in [6.45, 7) is 3.46. The highest BCUT2D eigenvalue weighted by Gasteiger charge is 2.20. The van der Waals surface area contributed by atoms with Crippen LogP contribution in [0.4, 0.5) is 0 Å². The van der Waals surface area contributed by atoms with E-state index in [1.165, 1.54) is 20.5 Å². The van der Waals surface area contributed by atoms with Crippen molar-refractivity contribution in [2.45, 2.75) is 32.1 Å². The van der Waals surface area contributed by atoms with Crippen molar-refractivity contribution in [3.63, 3.8) is 0 Å². The Hall–Kier alpha value is -2.26. The molecular weight excluding hydrogens is 416 g/mol. The number of aromatic nitrogens is 2. The molecule has 0 spiro atoms. The van der Waals surface area contributed by atoms with Crippen LogP contribution in [-0.2, 0) is 13.2 Å². The topological polar surface area (TPSA) is 59.4 Å². The Morgan fingerprint density at radius 2 is 2.07 bits per heavy atom. The predicted molar refractivity (Wildman–Crippen MR) is 124 cm³/mol. The Kier molecular flexibility index (Phi) is 5.56. The Morgan fingerprint density at radius 1 is 1.20 bits per heavy atom. The van der Waals surface area contributed by atoms with Gasteiger partial charge in [-0.15, -0.1) is 22.7 Å². The molecule has 156 valence electrons. The van der Waals surface area contributed by atoms with Gasteiger partial charge in [-0.1, -0.05) is 0 Å². The van der Waals surface area contributed by atoms with Crippen LogP contribution in [-0.4, -0.2) is 40.7 Å². The van der Waals surface area contributed by atoms with Crippen LogP contribution in [0.5, 0.6) is 5.75 Å². The van der Waals surface area contributed by atoms with Crippen LogP contribution in [0.25, 0.3) is 20.4 Å². The van der Waals surface area contributed by atoms with Gasteiger partial charge in [-0.05, 0) is 42.5 Å². The highest BCUT2D eigenvalue weighted by molar-refractivity contribution is 7.26. The van der Waals surface area contributed by atoms with Crippen LogP contribution in [0.15, 0.2) is 46.7 Å². The van der Waals surface area contributed by atoms with Gasteiger partial charge in [0.15, 0.2) is 0 Å². The fourth-order valence-electron chi connectivity index (χ4n) is 4.04. The van der Waals surface area contributed by atoms with E-state index in [2.05, 4.69) is 32.7 Å². The predicted octanol–water partition coefficient (Wildman–Crippen LogP) is 3.89. The van der Waals surface area contributed by atoms with E-state index in [-0.39, 0.29) is 5.56 Å². The second-order valence-corrected chi connectivity index (χ2v) is 9.77. The van der Waals surface area contributed by atoms with E-state index < -0.39 is 0 Å². The molecule has 1 aliphatic rings. The van der Waals surface area contributed by atoms with Crippen molar-refractivity contribution in [2.75, 3.05) is 20.2 Å². The fraction of sp³-hybridized carbons (Fsp3) is 0.364. The average molecular weight is 441 g/mol. The minimum absolute atomic E-state index is 0.0753. The zero-order chi connectivity index (χ0) is 20.5. The van der Waals surface area contributed by atoms with Crippen LogP contribution in [0.2, 0.25) is 0 Å². The largest absolute Gasteiger partial charge is 0.497 e. The Morgan fingerprint density at radius 3 is 2.87 bits per heavy atom. The third-order valence-corrected chi connectivity index (χ3v) is 7.83. The van der Waals surface area contributed by atoms with Gasteiger partial charge < -0.3 is 10.1 Å². The molecule has 0 amide bonds. The third kappa shape index (κ3) is 4.00. The summed E-state index contributed by atoms with van der Waals surface area (Å²) < 4.78 is 9.91. The molecule has 1 fully saturated rings. The lowest BCUT2D eigenvalue weighted by atomic mass is 10.1. The summed E-state index contributed by atoms with van der Waals surface area (Å²) in [4.78, 5) is 20.5. The first kappa shape index (κ1) is 19.7. The van der Waals surface area contributed by atoms with Crippen LogP contribution >= 0.6 is 22.7 Å². The van der Waals surface area contributed by atoms with E-state index in [1.54, 1.807) is 11.7 Å². The minimum Gasteiger partial charge on any atom is -0.497 e. The summed E-state index contributed by atoms with van der Waals surface area (Å²) in [5.41, 5.74) is 1.55. The van der Waals surface area contributed by atoms with Crippen molar-refractivity contribution in [2.24, 2.45) is 0 Å². The number of likely N-dealkylation sites (tertiary alicyclic amines) is 1. The molecule has 1 aliphatic heterocycles. The minimum atomic E-state index is -0.0753. The van der Waals surface area contributed by atoms with E-state index in [1.807, 2.05) is 40.9 Å². The maximum absolute atomic E-state index is 12.5. The summed E-state index contributed by atoms with van der Waals surface area (Å²) in [7, 11) is 1.64. The lowest BCUT2D eigenvalue weighted by Crippen LogP contribution is -2.44. The molecular formula is C22H24N4O2S2. The van der Waals surface area contributed by atoms with Crippen molar-refractivity contribution in [3.8, 4) is 5.75 Å². The van der Waals surface area contributed by atoms with Crippen LogP contribution in [0.3, 0.4) is 0 Å². The highest BCUT2D eigenvalue weighted by atomic mass is 32.1. The molecule has 0 radical (unpaired) electrons. The molecule has 4 aromatic rings. The quantitative estimate of drug-likeness (QED) is 0.493. The molecule has 1 N–H and O–H groups in total. The molecule has 1 saturated heterocycles. The Balaban J connectivity index is 1.21. The van der Waals surface area contributed by atoms with Crippen molar-refractivity contribution in [1.82, 2.24) is 19.8 Å². The van der Waals surface area contributed by atoms with Gasteiger partial charge in [-0.3, -0.25) is 14.3 Å². The van der Waals surface area contributed by atoms with E-state index in [0.717, 1.165) is 49.3 Å². The summed E-state index contributed by atoms with van der Waals surface area (Å²) >= 11 is 3.69. The van der Waals surface area contributed by atoms with E-state index >= 15 is 0 Å². The summed E-state index contributed by atoms with van der Waals surface area (Å²) in [6, 6.07) is 10.7. The van der Waals surface area contributed by atoms with Crippen LogP contribution < -0.4 is 15.6 Å². The van der Waals surface area contributed by atoms with Crippen molar-refractivity contribution in [3.05, 3.63) is 57.1 Å². The van der Waals surface area contributed by atoms with Gasteiger partial charge in [-0.2, -0.15) is 0 Å². The number of piperidine rings is 1. The normalized spacial score (nSPS) is 15.9. The number of nitrogens with zero attached hydrogens (tertiary/aromatic N) is 3. The van der Waals surface area contributed by atoms with E-state index in [9.17, 15) is 4.79 Å². The third-order valence-electron chi connectivity index (χ3n) is 5.74. The number of ether oxygens (including phenoxy) is 1. The standard InChI is InChI=1S/C22H24N4O2S2/c1-28-16-2-3-18-19(10-16)26(22(27)13-24-18)14-25-7-4-15(5-8-25)23-12-17-11-21-20(30-17)6-9-29-21/h2-3,6,9-11,13,15,23H,4-5,7-8,12,14H2,1H3. The summed E-state index contributed by atoms with van der Waals surface area (Å²) in [5, 5.41) is 5.88. The smallest absolute Gasteiger partial charge is 0.270 e. The van der Waals surface area contributed by atoms with Crippen molar-refractivity contribution < 1.29 is 4.74 Å². The maximum Gasteiger partial charge on any atom is 0.270 e. The van der Waals surface area contributed by atoms with Crippen molar-refractivity contribution in [1.29, 1.82) is 0 Å². The first-order valence-electron chi connectivity index (χ1n) is 10.1.